The van der Waals surface area contributed by atoms with Crippen molar-refractivity contribution in [1.82, 2.24) is 9.97 Å². The zero-order chi connectivity index (χ0) is 13.0. The number of aromatic nitrogens is 2. The number of rotatable bonds is 4. The Hall–Kier alpha value is -1.17. The van der Waals surface area contributed by atoms with Crippen LogP contribution in [0.1, 0.15) is 19.4 Å². The first-order valence-corrected chi connectivity index (χ1v) is 6.92. The zero-order valence-corrected chi connectivity index (χ0v) is 12.7. The molecule has 0 atom stereocenters. The van der Waals surface area contributed by atoms with Crippen molar-refractivity contribution in [2.75, 3.05) is 11.9 Å². The average molecular weight is 353 g/mol. The number of halogens is 1. The fourth-order valence-electron chi connectivity index (χ4n) is 1.74. The fourth-order valence-corrected chi connectivity index (χ4v) is 2.23. The molecule has 0 fully saturated rings. The Morgan fingerprint density at radius 1 is 1.22 bits per heavy atom. The number of hydrogen-bond acceptors (Lipinski definition) is 3. The summed E-state index contributed by atoms with van der Waals surface area (Å²) in [6.07, 6.45) is 3.38. The van der Waals surface area contributed by atoms with E-state index in [0.29, 0.717) is 0 Å². The maximum Gasteiger partial charge on any atom is 0.142 e. The van der Waals surface area contributed by atoms with Gasteiger partial charge in [-0.2, -0.15) is 0 Å². The van der Waals surface area contributed by atoms with E-state index in [2.05, 4.69) is 76.0 Å². The van der Waals surface area contributed by atoms with Crippen LogP contribution in [0.2, 0.25) is 0 Å². The van der Waals surface area contributed by atoms with Gasteiger partial charge in [-0.1, -0.05) is 44.2 Å². The lowest BCUT2D eigenvalue weighted by Crippen LogP contribution is -2.28. The van der Waals surface area contributed by atoms with Gasteiger partial charge in [0.25, 0.3) is 0 Å². The molecule has 0 aliphatic rings. The Morgan fingerprint density at radius 2 is 1.94 bits per heavy atom. The van der Waals surface area contributed by atoms with E-state index in [0.717, 1.165) is 15.9 Å². The molecule has 94 valence electrons. The van der Waals surface area contributed by atoms with Crippen LogP contribution in [0.25, 0.3) is 0 Å². The summed E-state index contributed by atoms with van der Waals surface area (Å²) in [6.45, 7) is 5.29. The van der Waals surface area contributed by atoms with Gasteiger partial charge >= 0.3 is 0 Å². The van der Waals surface area contributed by atoms with Crippen LogP contribution in [0.3, 0.4) is 0 Å². The van der Waals surface area contributed by atoms with Crippen molar-refractivity contribution >= 4 is 28.4 Å². The molecule has 0 spiro atoms. The van der Waals surface area contributed by atoms with E-state index in [4.69, 9.17) is 0 Å². The summed E-state index contributed by atoms with van der Waals surface area (Å²) in [5.74, 6) is 0.898. The third kappa shape index (κ3) is 3.19. The zero-order valence-electron chi connectivity index (χ0n) is 10.5. The lowest BCUT2D eigenvalue weighted by atomic mass is 9.85. The summed E-state index contributed by atoms with van der Waals surface area (Å²) in [7, 11) is 0. The van der Waals surface area contributed by atoms with E-state index in [1.165, 1.54) is 5.56 Å². The largest absolute Gasteiger partial charge is 0.368 e. The summed E-state index contributed by atoms with van der Waals surface area (Å²) in [4.78, 5) is 8.23. The third-order valence-corrected chi connectivity index (χ3v) is 3.71. The minimum atomic E-state index is 0.0648. The van der Waals surface area contributed by atoms with Gasteiger partial charge in [-0.15, -0.1) is 0 Å². The molecule has 3 nitrogen and oxygen atoms in total. The van der Waals surface area contributed by atoms with Gasteiger partial charge in [-0.25, -0.2) is 9.97 Å². The Balaban J connectivity index is 2.08. The van der Waals surface area contributed by atoms with Crippen molar-refractivity contribution in [3.63, 3.8) is 0 Å². The number of benzene rings is 1. The molecule has 1 heterocycles. The van der Waals surface area contributed by atoms with Crippen molar-refractivity contribution < 1.29 is 0 Å². The second-order valence-electron chi connectivity index (χ2n) is 4.82. The van der Waals surface area contributed by atoms with Crippen molar-refractivity contribution in [1.29, 1.82) is 0 Å². The molecule has 0 unspecified atom stereocenters. The molecule has 0 saturated heterocycles. The second-order valence-corrected chi connectivity index (χ2v) is 5.98. The van der Waals surface area contributed by atoms with Crippen molar-refractivity contribution in [2.24, 2.45) is 0 Å². The smallest absolute Gasteiger partial charge is 0.142 e. The van der Waals surface area contributed by atoms with Gasteiger partial charge in [0.2, 0.25) is 0 Å². The van der Waals surface area contributed by atoms with Gasteiger partial charge in [-0.05, 0) is 28.2 Å². The molecule has 4 heteroatoms. The number of anilines is 1. The maximum absolute atomic E-state index is 4.25. The van der Waals surface area contributed by atoms with E-state index < -0.39 is 0 Å². The quantitative estimate of drug-likeness (QED) is 0.856. The first-order chi connectivity index (χ1) is 8.59. The summed E-state index contributed by atoms with van der Waals surface area (Å²) in [6, 6.07) is 10.5. The van der Waals surface area contributed by atoms with E-state index in [1.54, 1.807) is 6.33 Å². The molecule has 0 aliphatic carbocycles. The summed E-state index contributed by atoms with van der Waals surface area (Å²) >= 11 is 2.24. The Kier molecular flexibility index (Phi) is 4.16. The van der Waals surface area contributed by atoms with E-state index >= 15 is 0 Å². The molecular weight excluding hydrogens is 337 g/mol. The highest BCUT2D eigenvalue weighted by molar-refractivity contribution is 14.1. The van der Waals surface area contributed by atoms with E-state index in [-0.39, 0.29) is 5.41 Å². The predicted octanol–water partition coefficient (Wildman–Crippen LogP) is 3.47. The molecular formula is C14H16IN3. The van der Waals surface area contributed by atoms with Crippen molar-refractivity contribution in [3.05, 3.63) is 52.0 Å². The fraction of sp³-hybridized carbons (Fsp3) is 0.286. The normalized spacial score (nSPS) is 11.3. The third-order valence-electron chi connectivity index (χ3n) is 2.92. The standard InChI is InChI=1S/C14H16IN3/c1-14(2,11-6-4-3-5-7-11)9-17-13-12(15)8-16-10-18-13/h3-8,10H,9H2,1-2H3,(H,16,17,18). The number of hydrogen-bond donors (Lipinski definition) is 1. The van der Waals surface area contributed by atoms with Gasteiger partial charge < -0.3 is 5.32 Å². The summed E-state index contributed by atoms with van der Waals surface area (Å²) in [5.41, 5.74) is 1.39. The molecule has 0 bridgehead atoms. The molecule has 18 heavy (non-hydrogen) atoms. The molecule has 1 N–H and O–H groups in total. The van der Waals surface area contributed by atoms with Crippen molar-refractivity contribution in [2.45, 2.75) is 19.3 Å². The van der Waals surface area contributed by atoms with Crippen LogP contribution < -0.4 is 5.32 Å². The highest BCUT2D eigenvalue weighted by Gasteiger charge is 2.20. The molecule has 2 aromatic rings. The minimum Gasteiger partial charge on any atom is -0.368 e. The highest BCUT2D eigenvalue weighted by Crippen LogP contribution is 2.24. The SMILES string of the molecule is CC(C)(CNc1ncncc1I)c1ccccc1. The van der Waals surface area contributed by atoms with Crippen LogP contribution in [0.5, 0.6) is 0 Å². The van der Waals surface area contributed by atoms with Gasteiger partial charge in [-0.3, -0.25) is 0 Å². The predicted molar refractivity (Wildman–Crippen MR) is 82.7 cm³/mol. The Labute approximate surface area is 121 Å². The minimum absolute atomic E-state index is 0.0648. The van der Waals surface area contributed by atoms with Gasteiger partial charge in [0.1, 0.15) is 12.1 Å². The number of nitrogens with zero attached hydrogens (tertiary/aromatic N) is 2. The Morgan fingerprint density at radius 3 is 2.61 bits per heavy atom. The van der Waals surface area contributed by atoms with Crippen LogP contribution in [0, 0.1) is 3.57 Å². The molecule has 0 radical (unpaired) electrons. The van der Waals surface area contributed by atoms with Crippen LogP contribution in [0.4, 0.5) is 5.82 Å². The van der Waals surface area contributed by atoms with E-state index in [1.807, 2.05) is 12.3 Å². The van der Waals surface area contributed by atoms with Gasteiger partial charge in [0, 0.05) is 18.2 Å². The van der Waals surface area contributed by atoms with Crippen LogP contribution in [0.15, 0.2) is 42.9 Å². The lowest BCUT2D eigenvalue weighted by molar-refractivity contribution is 0.556. The molecule has 0 aliphatic heterocycles. The monoisotopic (exact) mass is 353 g/mol. The number of nitrogens with one attached hydrogen (secondary N) is 1. The molecule has 0 saturated carbocycles. The Bertz CT molecular complexity index is 511. The molecule has 1 aromatic carbocycles. The first-order valence-electron chi connectivity index (χ1n) is 5.84. The lowest BCUT2D eigenvalue weighted by Gasteiger charge is -2.26. The topological polar surface area (TPSA) is 37.8 Å². The van der Waals surface area contributed by atoms with Crippen LogP contribution in [-0.2, 0) is 5.41 Å². The van der Waals surface area contributed by atoms with E-state index in [9.17, 15) is 0 Å². The molecule has 0 amide bonds. The van der Waals surface area contributed by atoms with Crippen LogP contribution >= 0.6 is 22.6 Å². The van der Waals surface area contributed by atoms with Crippen LogP contribution in [-0.4, -0.2) is 16.5 Å². The average Bonchev–Trinajstić information content (AvgIpc) is 2.39. The second kappa shape index (κ2) is 5.65. The van der Waals surface area contributed by atoms with Gasteiger partial charge in [0.05, 0.1) is 3.57 Å². The molecule has 2 rings (SSSR count). The van der Waals surface area contributed by atoms with Gasteiger partial charge in [0.15, 0.2) is 0 Å². The molecule has 1 aromatic heterocycles. The van der Waals surface area contributed by atoms with Crippen molar-refractivity contribution in [3.8, 4) is 0 Å². The highest BCUT2D eigenvalue weighted by atomic mass is 127. The summed E-state index contributed by atoms with van der Waals surface area (Å²) in [5, 5.41) is 3.39. The summed E-state index contributed by atoms with van der Waals surface area (Å²) < 4.78 is 1.04. The maximum atomic E-state index is 4.25. The first kappa shape index (κ1) is 13.3.